The normalized spacial score (nSPS) is 24.1. The summed E-state index contributed by atoms with van der Waals surface area (Å²) in [5, 5.41) is 9.57. The second-order valence-electron chi connectivity index (χ2n) is 5.61. The van der Waals surface area contributed by atoms with Gasteiger partial charge in [0.15, 0.2) is 5.60 Å². The van der Waals surface area contributed by atoms with Gasteiger partial charge in [0, 0.05) is 39.1 Å². The summed E-state index contributed by atoms with van der Waals surface area (Å²) in [4.78, 5) is 15.5. The smallest absolute Gasteiger partial charge is 0.380 e. The molecule has 0 aromatic heterocycles. The van der Waals surface area contributed by atoms with Gasteiger partial charge in [-0.05, 0) is 12.8 Å². The van der Waals surface area contributed by atoms with Crippen LogP contribution in [0, 0.1) is 0 Å². The fourth-order valence-electron chi connectivity index (χ4n) is 2.65. The number of hydrogen-bond donors (Lipinski definition) is 1. The maximum absolute atomic E-state index is 12.7. The highest BCUT2D eigenvalue weighted by atomic mass is 19.4. The minimum absolute atomic E-state index is 0.00922. The summed E-state index contributed by atoms with van der Waals surface area (Å²) in [7, 11) is 0. The molecule has 0 aliphatic carbocycles. The SMILES string of the molecule is O=C(CCN1CCC(O)(C(F)(F)F)CC1)N1CCOCC1. The molecule has 21 heavy (non-hydrogen) atoms. The molecule has 2 aliphatic rings. The van der Waals surface area contributed by atoms with Gasteiger partial charge in [-0.25, -0.2) is 0 Å². The summed E-state index contributed by atoms with van der Waals surface area (Å²) in [6.45, 7) is 2.98. The molecule has 0 spiro atoms. The fourth-order valence-corrected chi connectivity index (χ4v) is 2.65. The molecule has 1 amide bonds. The second-order valence-corrected chi connectivity index (χ2v) is 5.61. The highest BCUT2D eigenvalue weighted by Gasteiger charge is 2.54. The number of amides is 1. The highest BCUT2D eigenvalue weighted by molar-refractivity contribution is 5.76. The third-order valence-electron chi connectivity index (χ3n) is 4.22. The number of halogens is 3. The number of piperidine rings is 1. The van der Waals surface area contributed by atoms with Crippen LogP contribution >= 0.6 is 0 Å². The van der Waals surface area contributed by atoms with Gasteiger partial charge >= 0.3 is 6.18 Å². The summed E-state index contributed by atoms with van der Waals surface area (Å²) in [5.74, 6) is 0.00922. The first kappa shape index (κ1) is 16.5. The van der Waals surface area contributed by atoms with Crippen LogP contribution in [-0.2, 0) is 9.53 Å². The van der Waals surface area contributed by atoms with Crippen LogP contribution in [0.15, 0.2) is 0 Å². The van der Waals surface area contributed by atoms with Crippen molar-refractivity contribution in [1.82, 2.24) is 9.80 Å². The standard InChI is InChI=1S/C13H21F3N2O3/c14-13(15,16)12(20)2-5-17(6-3-12)4-1-11(19)18-7-9-21-10-8-18/h20H,1-10H2. The first-order valence-corrected chi connectivity index (χ1v) is 7.19. The Hall–Kier alpha value is -0.860. The van der Waals surface area contributed by atoms with Gasteiger partial charge in [0.25, 0.3) is 0 Å². The molecule has 0 atom stereocenters. The Kier molecular flexibility index (Phi) is 5.11. The molecule has 0 unspecified atom stereocenters. The van der Waals surface area contributed by atoms with Crippen molar-refractivity contribution in [3.63, 3.8) is 0 Å². The van der Waals surface area contributed by atoms with Crippen molar-refractivity contribution in [2.45, 2.75) is 31.0 Å². The van der Waals surface area contributed by atoms with Crippen molar-refractivity contribution < 1.29 is 27.8 Å². The summed E-state index contributed by atoms with van der Waals surface area (Å²) in [5.41, 5.74) is -2.57. The van der Waals surface area contributed by atoms with Gasteiger partial charge in [-0.3, -0.25) is 4.79 Å². The lowest BCUT2D eigenvalue weighted by atomic mass is 9.91. The van der Waals surface area contributed by atoms with Crippen molar-refractivity contribution in [1.29, 1.82) is 0 Å². The Morgan fingerprint density at radius 2 is 1.71 bits per heavy atom. The Morgan fingerprint density at radius 3 is 2.24 bits per heavy atom. The van der Waals surface area contributed by atoms with Crippen molar-refractivity contribution in [2.75, 3.05) is 45.9 Å². The lowest BCUT2D eigenvalue weighted by molar-refractivity contribution is -0.272. The minimum Gasteiger partial charge on any atom is -0.380 e. The van der Waals surface area contributed by atoms with Crippen LogP contribution in [0.3, 0.4) is 0 Å². The van der Waals surface area contributed by atoms with E-state index in [9.17, 15) is 23.1 Å². The lowest BCUT2D eigenvalue weighted by Gasteiger charge is -2.39. The minimum atomic E-state index is -4.58. The van der Waals surface area contributed by atoms with E-state index in [1.54, 1.807) is 9.80 Å². The van der Waals surface area contributed by atoms with E-state index in [0.717, 1.165) is 0 Å². The molecule has 2 fully saturated rings. The predicted octanol–water partition coefficient (Wildman–Crippen LogP) is 0.625. The van der Waals surface area contributed by atoms with Crippen LogP contribution in [0.1, 0.15) is 19.3 Å². The molecule has 0 radical (unpaired) electrons. The number of ether oxygens (including phenoxy) is 1. The van der Waals surface area contributed by atoms with Crippen LogP contribution in [0.25, 0.3) is 0 Å². The average molecular weight is 310 g/mol. The van der Waals surface area contributed by atoms with Gasteiger partial charge < -0.3 is 19.6 Å². The zero-order valence-corrected chi connectivity index (χ0v) is 11.9. The topological polar surface area (TPSA) is 53.0 Å². The zero-order valence-electron chi connectivity index (χ0n) is 11.9. The fraction of sp³-hybridized carbons (Fsp3) is 0.923. The molecule has 0 aromatic rings. The zero-order chi connectivity index (χ0) is 15.5. The van der Waals surface area contributed by atoms with E-state index in [-0.39, 0.29) is 31.8 Å². The molecule has 2 saturated heterocycles. The monoisotopic (exact) mass is 310 g/mol. The number of rotatable bonds is 3. The molecule has 2 heterocycles. The molecule has 2 rings (SSSR count). The van der Waals surface area contributed by atoms with Crippen LogP contribution < -0.4 is 0 Å². The third kappa shape index (κ3) is 4.08. The average Bonchev–Trinajstić information content (AvgIpc) is 2.46. The van der Waals surface area contributed by atoms with E-state index >= 15 is 0 Å². The van der Waals surface area contributed by atoms with E-state index in [4.69, 9.17) is 4.74 Å². The first-order valence-electron chi connectivity index (χ1n) is 7.19. The van der Waals surface area contributed by atoms with E-state index in [1.807, 2.05) is 0 Å². The van der Waals surface area contributed by atoms with Crippen molar-refractivity contribution in [3.05, 3.63) is 0 Å². The van der Waals surface area contributed by atoms with Gasteiger partial charge in [0.1, 0.15) is 0 Å². The Bertz CT molecular complexity index is 362. The van der Waals surface area contributed by atoms with Crippen molar-refractivity contribution in [3.8, 4) is 0 Å². The number of hydrogen-bond acceptors (Lipinski definition) is 4. The molecule has 1 N–H and O–H groups in total. The molecule has 2 aliphatic heterocycles. The highest BCUT2D eigenvalue weighted by Crippen LogP contribution is 2.38. The number of likely N-dealkylation sites (tertiary alicyclic amines) is 1. The van der Waals surface area contributed by atoms with Gasteiger partial charge in [0.2, 0.25) is 5.91 Å². The number of alkyl halides is 3. The van der Waals surface area contributed by atoms with E-state index in [1.165, 1.54) is 0 Å². The Labute approximate surface area is 121 Å². The molecule has 122 valence electrons. The van der Waals surface area contributed by atoms with Gasteiger partial charge in [0.05, 0.1) is 13.2 Å². The third-order valence-corrected chi connectivity index (χ3v) is 4.22. The molecular weight excluding hydrogens is 289 g/mol. The summed E-state index contributed by atoms with van der Waals surface area (Å²) >= 11 is 0. The Morgan fingerprint density at radius 1 is 1.14 bits per heavy atom. The summed E-state index contributed by atoms with van der Waals surface area (Å²) in [6.07, 6.45) is -4.95. The molecular formula is C13H21F3N2O3. The van der Waals surface area contributed by atoms with E-state index in [0.29, 0.717) is 39.3 Å². The second kappa shape index (κ2) is 6.50. The first-order chi connectivity index (χ1) is 9.82. The maximum atomic E-state index is 12.7. The number of aliphatic hydroxyl groups is 1. The van der Waals surface area contributed by atoms with Crippen LogP contribution in [0.2, 0.25) is 0 Å². The predicted molar refractivity (Wildman–Crippen MR) is 68.7 cm³/mol. The Balaban J connectivity index is 1.72. The maximum Gasteiger partial charge on any atom is 0.417 e. The van der Waals surface area contributed by atoms with Gasteiger partial charge in [-0.2, -0.15) is 13.2 Å². The van der Waals surface area contributed by atoms with Crippen LogP contribution in [0.4, 0.5) is 13.2 Å². The molecule has 8 heteroatoms. The summed E-state index contributed by atoms with van der Waals surface area (Å²) in [6, 6.07) is 0. The number of carbonyl (C=O) groups excluding carboxylic acids is 1. The molecule has 5 nitrogen and oxygen atoms in total. The largest absolute Gasteiger partial charge is 0.417 e. The van der Waals surface area contributed by atoms with Crippen molar-refractivity contribution >= 4 is 5.91 Å². The lowest BCUT2D eigenvalue weighted by Crippen LogP contribution is -2.53. The summed E-state index contributed by atoms with van der Waals surface area (Å²) < 4.78 is 43.2. The molecule has 0 aromatic carbocycles. The number of carbonyl (C=O) groups is 1. The number of morpholine rings is 1. The van der Waals surface area contributed by atoms with E-state index < -0.39 is 11.8 Å². The van der Waals surface area contributed by atoms with Gasteiger partial charge in [-0.15, -0.1) is 0 Å². The van der Waals surface area contributed by atoms with Gasteiger partial charge in [-0.1, -0.05) is 0 Å². The van der Waals surface area contributed by atoms with Crippen LogP contribution in [-0.4, -0.2) is 78.5 Å². The van der Waals surface area contributed by atoms with Crippen molar-refractivity contribution in [2.24, 2.45) is 0 Å². The van der Waals surface area contributed by atoms with Crippen LogP contribution in [0.5, 0.6) is 0 Å². The molecule has 0 saturated carbocycles. The van der Waals surface area contributed by atoms with E-state index in [2.05, 4.69) is 0 Å². The number of nitrogens with zero attached hydrogens (tertiary/aromatic N) is 2. The molecule has 0 bridgehead atoms. The quantitative estimate of drug-likeness (QED) is 0.830.